The van der Waals surface area contributed by atoms with Crippen LogP contribution in [0.2, 0.25) is 0 Å². The fraction of sp³-hybridized carbons (Fsp3) is 0.417. The number of hydrogen-bond donors (Lipinski definition) is 0. The van der Waals surface area contributed by atoms with Crippen molar-refractivity contribution in [2.45, 2.75) is 24.3 Å². The Kier molecular flexibility index (Phi) is 4.16. The molecule has 0 spiro atoms. The van der Waals surface area contributed by atoms with Gasteiger partial charge in [-0.2, -0.15) is 8.78 Å². The van der Waals surface area contributed by atoms with Gasteiger partial charge in [0.2, 0.25) is 5.91 Å². The molecule has 1 aliphatic heterocycles. The Labute approximate surface area is 112 Å². The molecular weight excluding hydrogens is 308 g/mol. The number of hydrogen-bond acceptors (Lipinski definition) is 2. The number of anilines is 1. The summed E-state index contributed by atoms with van der Waals surface area (Å²) < 4.78 is 28.3. The fourth-order valence-electron chi connectivity index (χ4n) is 1.90. The number of rotatable bonds is 3. The standard InChI is InChI=1S/C12H12BrF2NO2/c13-10-2-1-7-16(11(10)17)8-3-5-9(6-4-8)18-12(14)15/h3-6,10,12H,1-2,7H2/t10-/m1/s1. The van der Waals surface area contributed by atoms with Crippen LogP contribution in [-0.2, 0) is 4.79 Å². The molecule has 1 aliphatic rings. The van der Waals surface area contributed by atoms with Gasteiger partial charge in [0.05, 0.1) is 4.83 Å². The highest BCUT2D eigenvalue weighted by Gasteiger charge is 2.27. The molecule has 1 aromatic carbocycles. The van der Waals surface area contributed by atoms with Gasteiger partial charge in [-0.15, -0.1) is 0 Å². The molecule has 0 aliphatic carbocycles. The van der Waals surface area contributed by atoms with Gasteiger partial charge in [-0.1, -0.05) is 15.9 Å². The lowest BCUT2D eigenvalue weighted by Crippen LogP contribution is -2.41. The van der Waals surface area contributed by atoms with Crippen LogP contribution < -0.4 is 9.64 Å². The van der Waals surface area contributed by atoms with Crippen molar-refractivity contribution in [2.75, 3.05) is 11.4 Å². The van der Waals surface area contributed by atoms with E-state index in [9.17, 15) is 13.6 Å². The van der Waals surface area contributed by atoms with Crippen LogP contribution in [0.15, 0.2) is 24.3 Å². The fourth-order valence-corrected chi connectivity index (χ4v) is 2.47. The van der Waals surface area contributed by atoms with E-state index in [0.717, 1.165) is 12.8 Å². The molecule has 3 nitrogen and oxygen atoms in total. The van der Waals surface area contributed by atoms with E-state index in [1.165, 1.54) is 12.1 Å². The first kappa shape index (κ1) is 13.3. The minimum absolute atomic E-state index is 0.00350. The molecule has 1 amide bonds. The molecule has 1 aromatic rings. The van der Waals surface area contributed by atoms with E-state index in [2.05, 4.69) is 20.7 Å². The lowest BCUT2D eigenvalue weighted by atomic mass is 10.1. The Morgan fingerprint density at radius 3 is 2.61 bits per heavy atom. The molecule has 0 N–H and O–H groups in total. The molecule has 6 heteroatoms. The number of ether oxygens (including phenoxy) is 1. The first-order valence-electron chi connectivity index (χ1n) is 5.58. The number of nitrogens with zero attached hydrogens (tertiary/aromatic N) is 1. The third kappa shape index (κ3) is 2.98. The van der Waals surface area contributed by atoms with E-state index in [1.54, 1.807) is 17.0 Å². The normalized spacial score (nSPS) is 20.3. The van der Waals surface area contributed by atoms with Gasteiger partial charge in [-0.05, 0) is 37.1 Å². The number of carbonyl (C=O) groups is 1. The van der Waals surface area contributed by atoms with Gasteiger partial charge in [0.15, 0.2) is 0 Å². The Bertz CT molecular complexity index is 425. The molecule has 0 unspecified atom stereocenters. The lowest BCUT2D eigenvalue weighted by molar-refractivity contribution is -0.118. The number of alkyl halides is 3. The monoisotopic (exact) mass is 319 g/mol. The number of carbonyl (C=O) groups excluding carboxylic acids is 1. The molecule has 98 valence electrons. The predicted molar refractivity (Wildman–Crippen MR) is 67.4 cm³/mol. The van der Waals surface area contributed by atoms with Gasteiger partial charge in [-0.3, -0.25) is 4.79 Å². The second kappa shape index (κ2) is 5.65. The van der Waals surface area contributed by atoms with E-state index >= 15 is 0 Å². The Morgan fingerprint density at radius 1 is 1.33 bits per heavy atom. The zero-order chi connectivity index (χ0) is 13.1. The average Bonchev–Trinajstić information content (AvgIpc) is 2.33. The summed E-state index contributed by atoms with van der Waals surface area (Å²) >= 11 is 3.32. The maximum atomic E-state index is 12.0. The lowest BCUT2D eigenvalue weighted by Gasteiger charge is -2.29. The first-order chi connectivity index (χ1) is 8.58. The van der Waals surface area contributed by atoms with Crippen molar-refractivity contribution in [3.05, 3.63) is 24.3 Å². The molecule has 1 saturated heterocycles. The molecule has 1 fully saturated rings. The summed E-state index contributed by atoms with van der Waals surface area (Å²) in [6.45, 7) is -2.19. The summed E-state index contributed by atoms with van der Waals surface area (Å²) in [4.78, 5) is 13.4. The van der Waals surface area contributed by atoms with Crippen molar-refractivity contribution >= 4 is 27.5 Å². The van der Waals surface area contributed by atoms with Crippen molar-refractivity contribution in [1.82, 2.24) is 0 Å². The van der Waals surface area contributed by atoms with Crippen LogP contribution in [0.25, 0.3) is 0 Å². The summed E-state index contributed by atoms with van der Waals surface area (Å²) in [7, 11) is 0. The molecule has 0 saturated carbocycles. The second-order valence-electron chi connectivity index (χ2n) is 3.97. The summed E-state index contributed by atoms with van der Waals surface area (Å²) in [6.07, 6.45) is 1.73. The van der Waals surface area contributed by atoms with E-state index in [4.69, 9.17) is 0 Å². The topological polar surface area (TPSA) is 29.5 Å². The Morgan fingerprint density at radius 2 is 2.00 bits per heavy atom. The van der Waals surface area contributed by atoms with Crippen molar-refractivity contribution < 1.29 is 18.3 Å². The zero-order valence-corrected chi connectivity index (χ0v) is 11.1. The predicted octanol–water partition coefficient (Wildman–Crippen LogP) is 3.18. The van der Waals surface area contributed by atoms with Crippen LogP contribution in [-0.4, -0.2) is 23.9 Å². The van der Waals surface area contributed by atoms with E-state index in [1.807, 2.05) is 0 Å². The maximum Gasteiger partial charge on any atom is 0.387 e. The van der Waals surface area contributed by atoms with Crippen molar-refractivity contribution in [2.24, 2.45) is 0 Å². The van der Waals surface area contributed by atoms with Gasteiger partial charge in [-0.25, -0.2) is 0 Å². The van der Waals surface area contributed by atoms with Crippen LogP contribution >= 0.6 is 15.9 Å². The average molecular weight is 320 g/mol. The Hall–Kier alpha value is -1.17. The molecule has 0 aromatic heterocycles. The SMILES string of the molecule is O=C1[C@H](Br)CCCN1c1ccc(OC(F)F)cc1. The van der Waals surface area contributed by atoms with Crippen molar-refractivity contribution in [3.8, 4) is 5.75 Å². The van der Waals surface area contributed by atoms with Crippen LogP contribution in [0, 0.1) is 0 Å². The molecule has 2 rings (SSSR count). The molecule has 0 bridgehead atoms. The highest BCUT2D eigenvalue weighted by molar-refractivity contribution is 9.10. The molecule has 1 heterocycles. The van der Waals surface area contributed by atoms with Crippen LogP contribution in [0.3, 0.4) is 0 Å². The van der Waals surface area contributed by atoms with Gasteiger partial charge >= 0.3 is 6.61 Å². The molecular formula is C12H12BrF2NO2. The highest BCUT2D eigenvalue weighted by Crippen LogP contribution is 2.26. The number of halogens is 3. The molecule has 0 radical (unpaired) electrons. The Balaban J connectivity index is 2.11. The smallest absolute Gasteiger partial charge is 0.387 e. The van der Waals surface area contributed by atoms with E-state index in [0.29, 0.717) is 12.2 Å². The van der Waals surface area contributed by atoms with Gasteiger partial charge in [0, 0.05) is 12.2 Å². The quantitative estimate of drug-likeness (QED) is 0.801. The number of benzene rings is 1. The number of piperidine rings is 1. The zero-order valence-electron chi connectivity index (χ0n) is 9.48. The minimum Gasteiger partial charge on any atom is -0.435 e. The third-order valence-corrected chi connectivity index (χ3v) is 3.60. The minimum atomic E-state index is -2.83. The summed E-state index contributed by atoms with van der Waals surface area (Å²) in [5.74, 6) is 0.0948. The molecule has 18 heavy (non-hydrogen) atoms. The van der Waals surface area contributed by atoms with Crippen LogP contribution in [0.4, 0.5) is 14.5 Å². The summed E-state index contributed by atoms with van der Waals surface area (Å²) in [5, 5.41) is 0. The summed E-state index contributed by atoms with van der Waals surface area (Å²) in [5.41, 5.74) is 0.700. The van der Waals surface area contributed by atoms with E-state index in [-0.39, 0.29) is 16.5 Å². The van der Waals surface area contributed by atoms with Crippen molar-refractivity contribution in [3.63, 3.8) is 0 Å². The molecule has 1 atom stereocenters. The van der Waals surface area contributed by atoms with Crippen molar-refractivity contribution in [1.29, 1.82) is 0 Å². The van der Waals surface area contributed by atoms with Gasteiger partial charge < -0.3 is 9.64 Å². The second-order valence-corrected chi connectivity index (χ2v) is 5.08. The largest absolute Gasteiger partial charge is 0.435 e. The van der Waals surface area contributed by atoms with Crippen LogP contribution in [0.5, 0.6) is 5.75 Å². The van der Waals surface area contributed by atoms with Crippen LogP contribution in [0.1, 0.15) is 12.8 Å². The highest BCUT2D eigenvalue weighted by atomic mass is 79.9. The first-order valence-corrected chi connectivity index (χ1v) is 6.50. The van der Waals surface area contributed by atoms with Gasteiger partial charge in [0.1, 0.15) is 5.75 Å². The number of amides is 1. The maximum absolute atomic E-state index is 12.0. The third-order valence-electron chi connectivity index (χ3n) is 2.75. The summed E-state index contributed by atoms with van der Waals surface area (Å²) in [6, 6.07) is 6.10. The van der Waals surface area contributed by atoms with E-state index < -0.39 is 6.61 Å². The van der Waals surface area contributed by atoms with Gasteiger partial charge in [0.25, 0.3) is 0 Å².